The molecular weight excluding hydrogens is 390 g/mol. The molecule has 2 saturated heterocycles. The van der Waals surface area contributed by atoms with Crippen molar-refractivity contribution in [3.05, 3.63) is 24.4 Å². The lowest BCUT2D eigenvalue weighted by molar-refractivity contribution is -0.138. The lowest BCUT2D eigenvalue weighted by Crippen LogP contribution is -2.55. The van der Waals surface area contributed by atoms with Gasteiger partial charge in [0.25, 0.3) is 5.91 Å². The van der Waals surface area contributed by atoms with Gasteiger partial charge in [0.05, 0.1) is 20.1 Å². The molecule has 3 N–H and O–H groups in total. The van der Waals surface area contributed by atoms with E-state index in [9.17, 15) is 19.5 Å². The number of carbonyl (C=O) groups excluding carboxylic acids is 3. The van der Waals surface area contributed by atoms with Gasteiger partial charge in [0, 0.05) is 43.1 Å². The van der Waals surface area contributed by atoms with Crippen LogP contribution in [0.4, 0.5) is 4.79 Å². The van der Waals surface area contributed by atoms with Gasteiger partial charge in [-0.2, -0.15) is 0 Å². The van der Waals surface area contributed by atoms with E-state index in [-0.39, 0.29) is 24.8 Å². The van der Waals surface area contributed by atoms with Gasteiger partial charge in [0.15, 0.2) is 5.88 Å². The van der Waals surface area contributed by atoms with Crippen LogP contribution in [0.5, 0.6) is 11.6 Å². The lowest BCUT2D eigenvalue weighted by atomic mass is 9.94. The van der Waals surface area contributed by atoms with Crippen molar-refractivity contribution in [2.75, 3.05) is 40.3 Å². The summed E-state index contributed by atoms with van der Waals surface area (Å²) in [7, 11) is 3.52. The summed E-state index contributed by atoms with van der Waals surface area (Å²) in [6.07, 6.45) is 1.50. The van der Waals surface area contributed by atoms with Crippen LogP contribution in [0, 0.1) is 0 Å². The van der Waals surface area contributed by atoms with E-state index in [2.05, 4.69) is 15.5 Å². The van der Waals surface area contributed by atoms with Gasteiger partial charge in [0.2, 0.25) is 5.91 Å². The number of aromatic hydroxyl groups is 1. The number of piperazine rings is 1. The highest BCUT2D eigenvalue weighted by atomic mass is 16.5. The third kappa shape index (κ3) is 3.54. The number of fused-ring (bicyclic) bond motifs is 1. The molecule has 0 bridgehead atoms. The number of amides is 4. The van der Waals surface area contributed by atoms with Gasteiger partial charge in [-0.05, 0) is 25.2 Å². The fraction of sp³-hybridized carbons (Fsp3) is 0.450. The fourth-order valence-electron chi connectivity index (χ4n) is 4.01. The van der Waals surface area contributed by atoms with E-state index in [1.807, 2.05) is 7.05 Å². The first-order valence-corrected chi connectivity index (χ1v) is 9.77. The second kappa shape index (κ2) is 7.52. The number of methoxy groups -OCH3 is 1. The normalized spacial score (nSPS) is 22.3. The van der Waals surface area contributed by atoms with Crippen LogP contribution < -0.4 is 15.4 Å². The van der Waals surface area contributed by atoms with Gasteiger partial charge in [0.1, 0.15) is 11.3 Å². The number of carbonyl (C=O) groups is 3. The smallest absolute Gasteiger partial charge is 0.322 e. The molecule has 2 fully saturated rings. The number of likely N-dealkylation sites (N-methyl/N-ethyl adjacent to an activating group) is 1. The summed E-state index contributed by atoms with van der Waals surface area (Å²) < 4.78 is 6.68. The molecule has 10 heteroatoms. The number of nitrogens with one attached hydrogen (secondary N) is 2. The average Bonchev–Trinajstić information content (AvgIpc) is 3.17. The van der Waals surface area contributed by atoms with Crippen LogP contribution in [0.1, 0.15) is 6.42 Å². The van der Waals surface area contributed by atoms with Crippen molar-refractivity contribution in [1.29, 1.82) is 0 Å². The first-order chi connectivity index (χ1) is 14.3. The highest BCUT2D eigenvalue weighted by molar-refractivity contribution is 6.08. The van der Waals surface area contributed by atoms with Crippen LogP contribution in [0.25, 0.3) is 10.8 Å². The number of aromatic nitrogens is 1. The van der Waals surface area contributed by atoms with E-state index in [4.69, 9.17) is 4.74 Å². The number of rotatable bonds is 5. The Morgan fingerprint density at radius 1 is 1.23 bits per heavy atom. The van der Waals surface area contributed by atoms with Gasteiger partial charge in [-0.1, -0.05) is 0 Å². The zero-order valence-electron chi connectivity index (χ0n) is 17.0. The van der Waals surface area contributed by atoms with Crippen LogP contribution in [-0.4, -0.2) is 83.2 Å². The summed E-state index contributed by atoms with van der Waals surface area (Å²) in [6, 6.07) is 4.60. The molecule has 10 nitrogen and oxygen atoms in total. The Hall–Kier alpha value is -3.27. The molecule has 0 radical (unpaired) electrons. The summed E-state index contributed by atoms with van der Waals surface area (Å²) in [4.78, 5) is 41.4. The number of benzene rings is 1. The quantitative estimate of drug-likeness (QED) is 0.597. The van der Waals surface area contributed by atoms with Crippen LogP contribution in [0.15, 0.2) is 24.4 Å². The molecule has 0 spiro atoms. The second-order valence-electron chi connectivity index (χ2n) is 7.88. The van der Waals surface area contributed by atoms with Gasteiger partial charge >= 0.3 is 6.03 Å². The Morgan fingerprint density at radius 3 is 2.60 bits per heavy atom. The SMILES string of the molecule is COc1ccc2cn(CC3(CC(=O)N4CCN(C)CC4)NC(=O)NC3=O)c(O)c2c1. The fourth-order valence-corrected chi connectivity index (χ4v) is 4.01. The molecule has 1 aromatic heterocycles. The molecule has 3 heterocycles. The zero-order valence-corrected chi connectivity index (χ0v) is 17.0. The van der Waals surface area contributed by atoms with E-state index >= 15 is 0 Å². The largest absolute Gasteiger partial charge is 0.497 e. The Kier molecular flexibility index (Phi) is 5.02. The topological polar surface area (TPSA) is 116 Å². The first-order valence-electron chi connectivity index (χ1n) is 9.77. The molecule has 4 amide bonds. The molecule has 4 rings (SSSR count). The number of ether oxygens (including phenoxy) is 1. The lowest BCUT2D eigenvalue weighted by Gasteiger charge is -2.35. The van der Waals surface area contributed by atoms with Gasteiger partial charge in [-0.25, -0.2) is 4.79 Å². The number of nitrogens with zero attached hydrogens (tertiary/aromatic N) is 3. The van der Waals surface area contributed by atoms with E-state index < -0.39 is 17.5 Å². The Balaban J connectivity index is 1.62. The van der Waals surface area contributed by atoms with Gasteiger partial charge < -0.3 is 29.5 Å². The molecule has 2 aliphatic rings. The molecule has 1 atom stereocenters. The minimum Gasteiger partial charge on any atom is -0.497 e. The van der Waals surface area contributed by atoms with Crippen molar-refractivity contribution in [1.82, 2.24) is 25.0 Å². The molecule has 30 heavy (non-hydrogen) atoms. The molecule has 1 unspecified atom stereocenters. The standard InChI is InChI=1S/C20H25N5O5/c1-23-5-7-24(8-6-23)16(26)10-20(18(28)21-19(29)22-20)12-25-11-13-3-4-14(30-2)9-15(13)17(25)27/h3-4,9,11,27H,5-8,10,12H2,1-2H3,(H2,21,22,28,29). The Labute approximate surface area is 173 Å². The highest BCUT2D eigenvalue weighted by Gasteiger charge is 2.49. The van der Waals surface area contributed by atoms with Crippen LogP contribution >= 0.6 is 0 Å². The Bertz CT molecular complexity index is 1010. The molecule has 0 saturated carbocycles. The predicted molar refractivity (Wildman–Crippen MR) is 108 cm³/mol. The van der Waals surface area contributed by atoms with E-state index in [0.29, 0.717) is 24.2 Å². The van der Waals surface area contributed by atoms with Gasteiger partial charge in [-0.3, -0.25) is 14.9 Å². The van der Waals surface area contributed by atoms with E-state index in [1.54, 1.807) is 29.3 Å². The van der Waals surface area contributed by atoms with Crippen LogP contribution in [0.2, 0.25) is 0 Å². The minimum absolute atomic E-state index is 0.0655. The molecule has 1 aromatic carbocycles. The number of hydrogen-bond acceptors (Lipinski definition) is 6. The molecule has 160 valence electrons. The van der Waals surface area contributed by atoms with Crippen LogP contribution in [0.3, 0.4) is 0 Å². The van der Waals surface area contributed by atoms with Crippen molar-refractivity contribution in [3.8, 4) is 11.6 Å². The number of hydrogen-bond donors (Lipinski definition) is 3. The maximum absolute atomic E-state index is 12.9. The zero-order chi connectivity index (χ0) is 21.5. The van der Waals surface area contributed by atoms with E-state index in [1.165, 1.54) is 11.7 Å². The van der Waals surface area contributed by atoms with Crippen molar-refractivity contribution in [2.24, 2.45) is 0 Å². The summed E-state index contributed by atoms with van der Waals surface area (Å²) in [5, 5.41) is 16.9. The van der Waals surface area contributed by atoms with Crippen molar-refractivity contribution >= 4 is 28.6 Å². The van der Waals surface area contributed by atoms with Crippen molar-refractivity contribution in [2.45, 2.75) is 18.5 Å². The summed E-state index contributed by atoms with van der Waals surface area (Å²) >= 11 is 0. The monoisotopic (exact) mass is 415 g/mol. The molecule has 0 aliphatic carbocycles. The first kappa shape index (κ1) is 20.0. The maximum atomic E-state index is 12.9. The van der Waals surface area contributed by atoms with E-state index in [0.717, 1.165) is 18.5 Å². The third-order valence-electron chi connectivity index (χ3n) is 5.83. The maximum Gasteiger partial charge on any atom is 0.322 e. The summed E-state index contributed by atoms with van der Waals surface area (Å²) in [6.45, 7) is 2.57. The van der Waals surface area contributed by atoms with Crippen LogP contribution in [-0.2, 0) is 16.1 Å². The third-order valence-corrected chi connectivity index (χ3v) is 5.83. The van der Waals surface area contributed by atoms with Gasteiger partial charge in [-0.15, -0.1) is 0 Å². The second-order valence-corrected chi connectivity index (χ2v) is 7.88. The molecular formula is C20H25N5O5. The average molecular weight is 415 g/mol. The Morgan fingerprint density at radius 2 is 1.97 bits per heavy atom. The minimum atomic E-state index is -1.48. The van der Waals surface area contributed by atoms with Crippen molar-refractivity contribution in [3.63, 3.8) is 0 Å². The summed E-state index contributed by atoms with van der Waals surface area (Å²) in [5.41, 5.74) is -1.48. The number of imide groups is 1. The summed E-state index contributed by atoms with van der Waals surface area (Å²) in [5.74, 6) is -0.269. The van der Waals surface area contributed by atoms with Crippen molar-refractivity contribution < 1.29 is 24.2 Å². The molecule has 2 aromatic rings. The number of urea groups is 1. The highest BCUT2D eigenvalue weighted by Crippen LogP contribution is 2.32. The molecule has 2 aliphatic heterocycles. The predicted octanol–water partition coefficient (Wildman–Crippen LogP) is 0.0978.